The number of hydrogen-bond acceptors (Lipinski definition) is 12. The summed E-state index contributed by atoms with van der Waals surface area (Å²) in [6, 6.07) is 9.24. The summed E-state index contributed by atoms with van der Waals surface area (Å²) in [7, 11) is 1.77. The van der Waals surface area contributed by atoms with Gasteiger partial charge in [-0.3, -0.25) is 9.69 Å². The van der Waals surface area contributed by atoms with Gasteiger partial charge >= 0.3 is 12.1 Å². The average Bonchev–Trinajstić information content (AvgIpc) is 3.82. The van der Waals surface area contributed by atoms with E-state index in [1.54, 1.807) is 23.0 Å². The van der Waals surface area contributed by atoms with Crippen LogP contribution in [0.5, 0.6) is 17.5 Å². The highest BCUT2D eigenvalue weighted by atomic mass is 19.1. The van der Waals surface area contributed by atoms with Gasteiger partial charge in [0.25, 0.3) is 0 Å². The SMILES string of the molecule is C#Cc1c(F)ccc2cc(O)cc(N3Cc4nc(OC[C@]5(C)C[C@@H](F)CN5c5ccc(N6CCOC[C@H]6C)nc5)nc(N(C)C[C@@H]5CCCN5C(=O)C=C)c4OC3=O)c12. The van der Waals surface area contributed by atoms with E-state index in [1.165, 1.54) is 35.2 Å². The summed E-state index contributed by atoms with van der Waals surface area (Å²) in [4.78, 5) is 49.7. The largest absolute Gasteiger partial charge is 0.508 e. The fraction of sp³-hybridized carbons (Fsp3) is 0.419. The Morgan fingerprint density at radius 2 is 2.07 bits per heavy atom. The number of likely N-dealkylation sites (N-methyl/N-ethyl adjacent to an activating group) is 1. The van der Waals surface area contributed by atoms with E-state index in [2.05, 4.69) is 24.3 Å². The van der Waals surface area contributed by atoms with Crippen molar-refractivity contribution in [1.82, 2.24) is 19.9 Å². The molecule has 4 atom stereocenters. The van der Waals surface area contributed by atoms with Gasteiger partial charge in [-0.1, -0.05) is 18.6 Å². The molecule has 0 saturated carbocycles. The average molecular weight is 809 g/mol. The predicted molar refractivity (Wildman–Crippen MR) is 219 cm³/mol. The van der Waals surface area contributed by atoms with Crippen molar-refractivity contribution in [2.45, 2.75) is 63.4 Å². The lowest BCUT2D eigenvalue weighted by Crippen LogP contribution is -2.47. The number of alkyl halides is 1. The number of rotatable bonds is 10. The predicted octanol–water partition coefficient (Wildman–Crippen LogP) is 5.59. The van der Waals surface area contributed by atoms with Crippen LogP contribution in [0.2, 0.25) is 0 Å². The fourth-order valence-electron chi connectivity index (χ4n) is 8.75. The molecule has 308 valence electrons. The maximum atomic E-state index is 15.3. The minimum Gasteiger partial charge on any atom is -0.508 e. The lowest BCUT2D eigenvalue weighted by Gasteiger charge is -2.37. The van der Waals surface area contributed by atoms with E-state index in [4.69, 9.17) is 35.6 Å². The van der Waals surface area contributed by atoms with Crippen LogP contribution in [0.1, 0.15) is 44.4 Å². The number of fused-ring (bicyclic) bond motifs is 2. The number of pyridine rings is 1. The summed E-state index contributed by atoms with van der Waals surface area (Å²) < 4.78 is 48.3. The summed E-state index contributed by atoms with van der Waals surface area (Å²) in [6.45, 7) is 10.5. The van der Waals surface area contributed by atoms with Gasteiger partial charge < -0.3 is 38.9 Å². The normalized spacial score (nSPS) is 22.9. The molecule has 14 nitrogen and oxygen atoms in total. The third kappa shape index (κ3) is 7.51. The van der Waals surface area contributed by atoms with E-state index in [-0.39, 0.29) is 89.8 Å². The Bertz CT molecular complexity index is 2340. The summed E-state index contributed by atoms with van der Waals surface area (Å²) in [5.41, 5.74) is 0.205. The number of aromatic nitrogens is 3. The molecule has 4 aromatic rings. The molecule has 1 N–H and O–H groups in total. The minimum absolute atomic E-state index is 0.00659. The van der Waals surface area contributed by atoms with Crippen LogP contribution in [0.3, 0.4) is 0 Å². The molecule has 0 radical (unpaired) electrons. The molecule has 2 aromatic carbocycles. The Hall–Kier alpha value is -6.21. The lowest BCUT2D eigenvalue weighted by molar-refractivity contribution is -0.126. The molecule has 0 unspecified atom stereocenters. The third-order valence-electron chi connectivity index (χ3n) is 11.7. The van der Waals surface area contributed by atoms with Gasteiger partial charge in [0, 0.05) is 50.6 Å². The van der Waals surface area contributed by atoms with Crippen molar-refractivity contribution in [3.05, 3.63) is 72.3 Å². The summed E-state index contributed by atoms with van der Waals surface area (Å²) in [5, 5.41) is 11.3. The number of benzene rings is 2. The zero-order chi connectivity index (χ0) is 41.6. The molecular weight excluding hydrogens is 763 g/mol. The zero-order valence-corrected chi connectivity index (χ0v) is 33.2. The van der Waals surface area contributed by atoms with Crippen LogP contribution >= 0.6 is 0 Å². The van der Waals surface area contributed by atoms with E-state index in [1.807, 2.05) is 24.0 Å². The molecule has 4 aliphatic heterocycles. The first-order valence-electron chi connectivity index (χ1n) is 19.7. The van der Waals surface area contributed by atoms with Gasteiger partial charge in [-0.2, -0.15) is 9.97 Å². The van der Waals surface area contributed by atoms with Gasteiger partial charge in [-0.15, -0.1) is 6.42 Å². The van der Waals surface area contributed by atoms with Crippen LogP contribution < -0.4 is 29.1 Å². The van der Waals surface area contributed by atoms with E-state index >= 15 is 8.78 Å². The first-order valence-corrected chi connectivity index (χ1v) is 19.7. The standard InChI is InChI=1S/C43H46F2N8O6/c1-6-32-33(45)12-10-27-17-31(54)18-35(38(27)32)52-23-34-39(59-42(52)56)40(49(5)22-30-9-8-14-51(30)37(55)7-2)48-41(47-34)58-25-43(4)19-28(44)21-53(43)29-11-13-36(46-20-29)50-15-16-57-24-26(50)3/h1,7,10-13,17-18,20,26,28,30,54H,2,8-9,14-16,19,21-25H2,3-5H3/t26-,28-,30+,43+/m1/s1. The van der Waals surface area contributed by atoms with Gasteiger partial charge in [0.15, 0.2) is 11.6 Å². The number of phenols is 1. The zero-order valence-electron chi connectivity index (χ0n) is 33.2. The number of carbonyl (C=O) groups is 2. The molecule has 2 amide bonds. The molecule has 0 bridgehead atoms. The molecule has 3 fully saturated rings. The molecule has 16 heteroatoms. The molecule has 8 rings (SSSR count). The van der Waals surface area contributed by atoms with Crippen molar-refractivity contribution in [3.8, 4) is 29.9 Å². The van der Waals surface area contributed by atoms with Gasteiger partial charge in [0.2, 0.25) is 5.91 Å². The molecule has 2 aromatic heterocycles. The Kier molecular flexibility index (Phi) is 10.6. The highest BCUT2D eigenvalue weighted by molar-refractivity contribution is 6.06. The monoisotopic (exact) mass is 808 g/mol. The number of likely N-dealkylation sites (tertiary alicyclic amines) is 1. The van der Waals surface area contributed by atoms with Gasteiger partial charge in [0.1, 0.15) is 35.9 Å². The number of halogens is 2. The Balaban J connectivity index is 1.12. The summed E-state index contributed by atoms with van der Waals surface area (Å²) in [6.07, 6.45) is 8.54. The fourth-order valence-corrected chi connectivity index (χ4v) is 8.75. The topological polar surface area (TPSA) is 137 Å². The van der Waals surface area contributed by atoms with E-state index in [0.717, 1.165) is 30.9 Å². The number of hydrogen-bond donors (Lipinski definition) is 1. The second-order valence-electron chi connectivity index (χ2n) is 15.8. The Morgan fingerprint density at radius 1 is 1.24 bits per heavy atom. The van der Waals surface area contributed by atoms with Crippen LogP contribution in [0, 0.1) is 18.2 Å². The first kappa shape index (κ1) is 39.6. The number of phenolic OH excluding ortho intramolecular Hbond substituents is 1. The molecular formula is C43H46F2N8O6. The van der Waals surface area contributed by atoms with Gasteiger partial charge in [-0.05, 0) is 62.4 Å². The molecule has 0 spiro atoms. The minimum atomic E-state index is -1.14. The highest BCUT2D eigenvalue weighted by Crippen LogP contribution is 2.42. The second kappa shape index (κ2) is 15.9. The molecule has 4 aliphatic rings. The number of ether oxygens (including phenoxy) is 3. The Morgan fingerprint density at radius 3 is 2.81 bits per heavy atom. The number of amides is 2. The van der Waals surface area contributed by atoms with Crippen LogP contribution in [0.4, 0.5) is 36.6 Å². The van der Waals surface area contributed by atoms with E-state index in [9.17, 15) is 14.7 Å². The van der Waals surface area contributed by atoms with Crippen molar-refractivity contribution in [3.63, 3.8) is 0 Å². The maximum absolute atomic E-state index is 15.3. The van der Waals surface area contributed by atoms with Crippen molar-refractivity contribution in [2.75, 3.05) is 72.6 Å². The summed E-state index contributed by atoms with van der Waals surface area (Å²) in [5.74, 6) is 2.48. The van der Waals surface area contributed by atoms with Crippen LogP contribution in [0.25, 0.3) is 10.8 Å². The van der Waals surface area contributed by atoms with Gasteiger partial charge in [0.05, 0.1) is 61.0 Å². The van der Waals surface area contributed by atoms with Crippen molar-refractivity contribution in [1.29, 1.82) is 0 Å². The molecule has 59 heavy (non-hydrogen) atoms. The van der Waals surface area contributed by atoms with E-state index in [0.29, 0.717) is 31.7 Å². The van der Waals surface area contributed by atoms with Crippen molar-refractivity contribution >= 4 is 45.8 Å². The molecule has 3 saturated heterocycles. The van der Waals surface area contributed by atoms with Crippen molar-refractivity contribution < 1.29 is 37.7 Å². The van der Waals surface area contributed by atoms with Gasteiger partial charge in [-0.25, -0.2) is 18.6 Å². The number of morpholine rings is 1. The smallest absolute Gasteiger partial charge is 0.420 e. The number of terminal acetylenes is 1. The second-order valence-corrected chi connectivity index (χ2v) is 15.8. The van der Waals surface area contributed by atoms with E-state index < -0.39 is 23.6 Å². The Labute approximate surface area is 341 Å². The lowest BCUT2D eigenvalue weighted by atomic mass is 9.99. The van der Waals surface area contributed by atoms with Crippen LogP contribution in [0.15, 0.2) is 55.3 Å². The number of nitrogens with zero attached hydrogens (tertiary/aromatic N) is 8. The molecule has 0 aliphatic carbocycles. The summed E-state index contributed by atoms with van der Waals surface area (Å²) >= 11 is 0. The first-order chi connectivity index (χ1) is 28.4. The quantitative estimate of drug-likeness (QED) is 0.158. The number of anilines is 4. The third-order valence-corrected chi connectivity index (χ3v) is 11.7. The van der Waals surface area contributed by atoms with Crippen LogP contribution in [-0.2, 0) is 16.1 Å². The highest BCUT2D eigenvalue weighted by Gasteiger charge is 2.44. The maximum Gasteiger partial charge on any atom is 0.420 e. The number of aromatic hydroxyl groups is 1. The molecule has 6 heterocycles. The van der Waals surface area contributed by atoms with Crippen molar-refractivity contribution in [2.24, 2.45) is 0 Å². The van der Waals surface area contributed by atoms with Crippen LogP contribution in [-0.4, -0.2) is 114 Å². The number of carbonyl (C=O) groups excluding carboxylic acids is 2.